The largest absolute Gasteiger partial charge is 0.444 e. The number of carbonyl (C=O) groups excluding carboxylic acids is 1. The summed E-state index contributed by atoms with van der Waals surface area (Å²) in [6, 6.07) is 15.2. The van der Waals surface area contributed by atoms with Gasteiger partial charge in [-0.25, -0.2) is 4.79 Å². The van der Waals surface area contributed by atoms with E-state index in [4.69, 9.17) is 13.4 Å². The van der Waals surface area contributed by atoms with Crippen LogP contribution in [0.1, 0.15) is 49.2 Å². The first-order valence-electron chi connectivity index (χ1n) is 12.9. The molecule has 0 aliphatic heterocycles. The number of thiol groups is 1. The van der Waals surface area contributed by atoms with Crippen LogP contribution < -0.4 is 0 Å². The number of nitrogens with zero attached hydrogens (tertiary/aromatic N) is 3. The summed E-state index contributed by atoms with van der Waals surface area (Å²) in [4.78, 5) is 18.7. The van der Waals surface area contributed by atoms with Crippen molar-refractivity contribution in [3.05, 3.63) is 70.6 Å². The molecule has 2 heterocycles. The molecule has 5 rings (SSSR count). The molecule has 2 aromatic heterocycles. The lowest BCUT2D eigenvalue weighted by Gasteiger charge is -2.32. The number of benzene rings is 2. The van der Waals surface area contributed by atoms with E-state index in [1.165, 1.54) is 6.07 Å². The third kappa shape index (κ3) is 6.29. The van der Waals surface area contributed by atoms with Gasteiger partial charge in [0.2, 0.25) is 5.82 Å². The van der Waals surface area contributed by atoms with Crippen LogP contribution >= 0.6 is 24.2 Å². The van der Waals surface area contributed by atoms with Crippen molar-refractivity contribution in [2.45, 2.75) is 51.4 Å². The summed E-state index contributed by atoms with van der Waals surface area (Å²) in [6.07, 6.45) is -3.72. The molecule has 7 nitrogen and oxygen atoms in total. The minimum Gasteiger partial charge on any atom is -0.444 e. The Hall–Kier alpha value is -3.35. The Morgan fingerprint density at radius 3 is 2.56 bits per heavy atom. The van der Waals surface area contributed by atoms with Crippen molar-refractivity contribution in [1.29, 1.82) is 0 Å². The number of aromatic nitrogens is 2. The van der Waals surface area contributed by atoms with Crippen LogP contribution in [0.2, 0.25) is 0 Å². The van der Waals surface area contributed by atoms with E-state index in [0.29, 0.717) is 35.3 Å². The summed E-state index contributed by atoms with van der Waals surface area (Å²) >= 11 is 4.39. The maximum Gasteiger partial charge on any atom is 0.426 e. The first-order chi connectivity index (χ1) is 19.5. The summed E-state index contributed by atoms with van der Waals surface area (Å²) < 4.78 is 57.8. The van der Waals surface area contributed by atoms with Crippen LogP contribution in [0.5, 0.6) is 0 Å². The molecule has 1 aliphatic rings. The monoisotopic (exact) mass is 603 g/mol. The van der Waals surface area contributed by atoms with Gasteiger partial charge >= 0.3 is 12.3 Å². The van der Waals surface area contributed by atoms with E-state index in [-0.39, 0.29) is 41.3 Å². The molecule has 0 bridgehead atoms. The molecule has 1 aliphatic carbocycles. The first kappa shape index (κ1) is 29.2. The van der Waals surface area contributed by atoms with Gasteiger partial charge < -0.3 is 13.4 Å². The average Bonchev–Trinajstić information content (AvgIpc) is 3.66. The Kier molecular flexibility index (Phi) is 8.18. The molecule has 0 fully saturated rings. The maximum absolute atomic E-state index is 13.9. The molecule has 0 N–H and O–H groups in total. The van der Waals surface area contributed by atoms with Gasteiger partial charge in [0.1, 0.15) is 10.5 Å². The van der Waals surface area contributed by atoms with E-state index in [9.17, 15) is 18.0 Å². The van der Waals surface area contributed by atoms with Crippen LogP contribution in [-0.4, -0.2) is 39.9 Å². The number of carbonyl (C=O) groups is 1. The Morgan fingerprint density at radius 2 is 1.88 bits per heavy atom. The summed E-state index contributed by atoms with van der Waals surface area (Å²) in [7, 11) is 0. The fourth-order valence-corrected chi connectivity index (χ4v) is 6.02. The predicted molar refractivity (Wildman–Crippen MR) is 152 cm³/mol. The number of alkyl halides is 3. The molecule has 4 aromatic rings. The average molecular weight is 604 g/mol. The summed E-state index contributed by atoms with van der Waals surface area (Å²) in [5.74, 6) is 0.273. The lowest BCUT2D eigenvalue weighted by atomic mass is 10.0. The van der Waals surface area contributed by atoms with E-state index < -0.39 is 22.7 Å². The highest BCUT2D eigenvalue weighted by molar-refractivity contribution is 7.75. The molecule has 12 heteroatoms. The summed E-state index contributed by atoms with van der Waals surface area (Å²) in [6.45, 7) is 5.92. The topological polar surface area (TPSA) is 77.7 Å². The van der Waals surface area contributed by atoms with Gasteiger partial charge in [0, 0.05) is 17.7 Å². The van der Waals surface area contributed by atoms with E-state index in [1.54, 1.807) is 56.0 Å². The highest BCUT2D eigenvalue weighted by atomic mass is 32.1. The molecule has 0 saturated carbocycles. The SMILES string of the molecule is CC(C)(C)OC(=O)N(CCOS)[C@@H]1CCc2c(-c3noc(-c4cc(-c5ccccc5)c(C(F)(F)F)s4)n3)cccc21. The lowest BCUT2D eigenvalue weighted by molar-refractivity contribution is -0.133. The minimum atomic E-state index is -4.54. The first-order valence-corrected chi connectivity index (χ1v) is 14.1. The molecule has 41 heavy (non-hydrogen) atoms. The summed E-state index contributed by atoms with van der Waals surface area (Å²) in [5, 5.41) is 4.12. The predicted octanol–water partition coefficient (Wildman–Crippen LogP) is 8.24. The number of amides is 1. The number of thiophene rings is 1. The lowest BCUT2D eigenvalue weighted by Crippen LogP contribution is -2.40. The van der Waals surface area contributed by atoms with Gasteiger partial charge in [0.25, 0.3) is 5.89 Å². The van der Waals surface area contributed by atoms with Crippen molar-refractivity contribution in [1.82, 2.24) is 15.0 Å². The number of halogens is 3. The van der Waals surface area contributed by atoms with Crippen LogP contribution in [0.15, 0.2) is 59.1 Å². The van der Waals surface area contributed by atoms with Gasteiger partial charge in [-0.1, -0.05) is 53.7 Å². The van der Waals surface area contributed by atoms with Gasteiger partial charge in [-0.05, 0) is 69.3 Å². The number of hydrogen-bond donors (Lipinski definition) is 1. The van der Waals surface area contributed by atoms with Gasteiger partial charge in [-0.2, -0.15) is 18.2 Å². The zero-order chi connectivity index (χ0) is 29.4. The van der Waals surface area contributed by atoms with Crippen molar-refractivity contribution < 1.29 is 31.4 Å². The molecule has 0 spiro atoms. The number of fused-ring (bicyclic) bond motifs is 1. The molecule has 1 atom stereocenters. The Bertz CT molecular complexity index is 1530. The third-order valence-corrected chi connectivity index (χ3v) is 7.97. The maximum atomic E-state index is 13.9. The van der Waals surface area contributed by atoms with Crippen molar-refractivity contribution in [2.24, 2.45) is 0 Å². The van der Waals surface area contributed by atoms with Crippen LogP contribution in [0.25, 0.3) is 33.3 Å². The van der Waals surface area contributed by atoms with E-state index in [0.717, 1.165) is 11.1 Å². The van der Waals surface area contributed by atoms with Crippen LogP contribution in [0, 0.1) is 0 Å². The molecule has 0 unspecified atom stereocenters. The molecular formula is C29H28F3N3O4S2. The zero-order valence-corrected chi connectivity index (χ0v) is 24.3. The molecule has 2 aromatic carbocycles. The van der Waals surface area contributed by atoms with E-state index >= 15 is 0 Å². The van der Waals surface area contributed by atoms with Crippen LogP contribution in [0.4, 0.5) is 18.0 Å². The quantitative estimate of drug-likeness (QED) is 0.169. The Balaban J connectivity index is 1.47. The van der Waals surface area contributed by atoms with Crippen molar-refractivity contribution in [2.75, 3.05) is 13.2 Å². The fourth-order valence-electron chi connectivity index (χ4n) is 4.97. The Morgan fingerprint density at radius 1 is 1.12 bits per heavy atom. The molecule has 1 amide bonds. The Labute approximate surface area is 244 Å². The van der Waals surface area contributed by atoms with Crippen molar-refractivity contribution in [3.63, 3.8) is 0 Å². The van der Waals surface area contributed by atoms with E-state index in [2.05, 4.69) is 23.1 Å². The molecular weight excluding hydrogens is 575 g/mol. The highest BCUT2D eigenvalue weighted by Crippen LogP contribution is 2.46. The van der Waals surface area contributed by atoms with Crippen molar-refractivity contribution >= 4 is 30.3 Å². The minimum absolute atomic E-state index is 0.00569. The number of hydrogen-bond acceptors (Lipinski definition) is 8. The van der Waals surface area contributed by atoms with Gasteiger partial charge in [0.05, 0.1) is 17.5 Å². The number of rotatable bonds is 7. The van der Waals surface area contributed by atoms with Gasteiger partial charge in [0.15, 0.2) is 0 Å². The van der Waals surface area contributed by atoms with Crippen LogP contribution in [-0.2, 0) is 21.5 Å². The number of ether oxygens (including phenoxy) is 1. The van der Waals surface area contributed by atoms with Crippen molar-refractivity contribution in [3.8, 4) is 33.3 Å². The van der Waals surface area contributed by atoms with Crippen LogP contribution in [0.3, 0.4) is 0 Å². The molecule has 216 valence electrons. The molecule has 0 saturated heterocycles. The standard InChI is InChI=1S/C29H28F3N3O4S2/c1-28(2,3)38-27(36)35(14-15-37-40)22-13-12-18-19(22)10-7-11-20(18)25-33-26(39-34-25)23-16-21(17-8-5-4-6-9-17)24(41-23)29(30,31)32/h4-11,16,22,40H,12-15H2,1-3H3/t22-/m1/s1. The highest BCUT2D eigenvalue weighted by Gasteiger charge is 2.38. The summed E-state index contributed by atoms with van der Waals surface area (Å²) in [5.41, 5.74) is 2.40. The third-order valence-electron chi connectivity index (χ3n) is 6.62. The second-order valence-corrected chi connectivity index (χ2v) is 11.9. The molecule has 0 radical (unpaired) electrons. The second kappa shape index (κ2) is 11.5. The second-order valence-electron chi connectivity index (χ2n) is 10.6. The smallest absolute Gasteiger partial charge is 0.426 e. The van der Waals surface area contributed by atoms with E-state index in [1.807, 2.05) is 18.2 Å². The fraction of sp³-hybridized carbons (Fsp3) is 0.345. The zero-order valence-electron chi connectivity index (χ0n) is 22.6. The normalized spacial score (nSPS) is 15.1. The van der Waals surface area contributed by atoms with Gasteiger partial charge in [-0.3, -0.25) is 4.90 Å². The van der Waals surface area contributed by atoms with Gasteiger partial charge in [-0.15, -0.1) is 11.3 Å².